The van der Waals surface area contributed by atoms with Crippen LogP contribution in [-0.2, 0) is 0 Å². The van der Waals surface area contributed by atoms with Crippen LogP contribution in [0.4, 0.5) is 0 Å². The summed E-state index contributed by atoms with van der Waals surface area (Å²) in [6, 6.07) is 66.0. The maximum absolute atomic E-state index is 5.06. The molecule has 3 nitrogen and oxygen atoms in total. The summed E-state index contributed by atoms with van der Waals surface area (Å²) >= 11 is 0. The molecule has 0 aliphatic heterocycles. The van der Waals surface area contributed by atoms with Crippen LogP contribution in [0.5, 0.6) is 0 Å². The third kappa shape index (κ3) is 5.82. The van der Waals surface area contributed by atoms with E-state index in [1.165, 1.54) is 33.0 Å². The Morgan fingerprint density at radius 2 is 0.500 bits per heavy atom. The topological polar surface area (TPSA) is 38.7 Å². The van der Waals surface area contributed by atoms with E-state index in [0.29, 0.717) is 17.5 Å². The highest BCUT2D eigenvalue weighted by atomic mass is 15.0. The van der Waals surface area contributed by atoms with Crippen molar-refractivity contribution in [3.63, 3.8) is 0 Å². The fraction of sp³-hybridized carbons (Fsp3) is 0. The lowest BCUT2D eigenvalue weighted by atomic mass is 9.99. The van der Waals surface area contributed by atoms with Crippen molar-refractivity contribution in [1.82, 2.24) is 15.0 Å². The van der Waals surface area contributed by atoms with Gasteiger partial charge in [0.15, 0.2) is 17.5 Å². The Kier molecular flexibility index (Phi) is 7.49. The summed E-state index contributed by atoms with van der Waals surface area (Å²) in [6.45, 7) is 0. The second kappa shape index (κ2) is 12.7. The highest BCUT2D eigenvalue weighted by molar-refractivity contribution is 5.91. The number of fused-ring (bicyclic) bond motifs is 2. The first-order chi connectivity index (χ1) is 24.7. The Labute approximate surface area is 291 Å². The standard InChI is InChI=1S/C47H31N3/c1-3-9-32(10-4-1)35-15-17-36(18-16-35)37-19-22-38(23-20-37)45-48-46(43-27-21-34-13-7-8-14-39(34)30-43)50-47(49-45)44-28-26-41-29-40(24-25-42(41)31-44)33-11-5-2-6-12-33/h1-31H. The second-order valence-electron chi connectivity index (χ2n) is 12.5. The predicted molar refractivity (Wildman–Crippen MR) is 207 cm³/mol. The molecule has 0 atom stereocenters. The molecule has 0 unspecified atom stereocenters. The van der Waals surface area contributed by atoms with E-state index in [-0.39, 0.29) is 0 Å². The third-order valence-electron chi connectivity index (χ3n) is 9.32. The molecule has 0 aliphatic rings. The number of hydrogen-bond donors (Lipinski definition) is 0. The van der Waals surface area contributed by atoms with Gasteiger partial charge in [-0.2, -0.15) is 0 Å². The molecule has 9 rings (SSSR count). The summed E-state index contributed by atoms with van der Waals surface area (Å²) in [5.41, 5.74) is 9.97. The van der Waals surface area contributed by atoms with Gasteiger partial charge in [-0.3, -0.25) is 0 Å². The van der Waals surface area contributed by atoms with Crippen LogP contribution in [0.2, 0.25) is 0 Å². The van der Waals surface area contributed by atoms with Gasteiger partial charge in [-0.05, 0) is 73.1 Å². The lowest BCUT2D eigenvalue weighted by Crippen LogP contribution is -2.00. The quantitative estimate of drug-likeness (QED) is 0.182. The number of hydrogen-bond acceptors (Lipinski definition) is 3. The van der Waals surface area contributed by atoms with Gasteiger partial charge < -0.3 is 0 Å². The molecule has 234 valence electrons. The normalized spacial score (nSPS) is 11.2. The minimum atomic E-state index is 0.642. The van der Waals surface area contributed by atoms with E-state index in [9.17, 15) is 0 Å². The van der Waals surface area contributed by atoms with E-state index in [1.807, 2.05) is 12.1 Å². The summed E-state index contributed by atoms with van der Waals surface area (Å²) in [5.74, 6) is 1.94. The van der Waals surface area contributed by atoms with Crippen LogP contribution in [0.3, 0.4) is 0 Å². The van der Waals surface area contributed by atoms with Gasteiger partial charge in [0.05, 0.1) is 0 Å². The molecular weight excluding hydrogens is 607 g/mol. The van der Waals surface area contributed by atoms with Crippen LogP contribution in [0.25, 0.3) is 89.1 Å². The van der Waals surface area contributed by atoms with Gasteiger partial charge in [-0.1, -0.05) is 170 Å². The average molecular weight is 638 g/mol. The lowest BCUT2D eigenvalue weighted by Gasteiger charge is -2.11. The van der Waals surface area contributed by atoms with E-state index < -0.39 is 0 Å². The van der Waals surface area contributed by atoms with Crippen molar-refractivity contribution in [2.75, 3.05) is 0 Å². The zero-order valence-corrected chi connectivity index (χ0v) is 27.2. The lowest BCUT2D eigenvalue weighted by molar-refractivity contribution is 1.08. The van der Waals surface area contributed by atoms with Crippen molar-refractivity contribution in [3.8, 4) is 67.5 Å². The minimum absolute atomic E-state index is 0.642. The van der Waals surface area contributed by atoms with Crippen molar-refractivity contribution in [2.24, 2.45) is 0 Å². The zero-order chi connectivity index (χ0) is 33.3. The second-order valence-corrected chi connectivity index (χ2v) is 12.5. The fourth-order valence-corrected chi connectivity index (χ4v) is 6.58. The number of aromatic nitrogens is 3. The van der Waals surface area contributed by atoms with Crippen LogP contribution in [0.1, 0.15) is 0 Å². The minimum Gasteiger partial charge on any atom is -0.208 e. The van der Waals surface area contributed by atoms with Gasteiger partial charge in [0.1, 0.15) is 0 Å². The first-order valence-electron chi connectivity index (χ1n) is 16.8. The summed E-state index contributed by atoms with van der Waals surface area (Å²) in [7, 11) is 0. The van der Waals surface area contributed by atoms with Crippen LogP contribution >= 0.6 is 0 Å². The molecule has 0 spiro atoms. The monoisotopic (exact) mass is 637 g/mol. The average Bonchev–Trinajstić information content (AvgIpc) is 3.21. The Bertz CT molecular complexity index is 2610. The molecule has 1 heterocycles. The number of benzene rings is 8. The van der Waals surface area contributed by atoms with Crippen LogP contribution in [-0.4, -0.2) is 15.0 Å². The summed E-state index contributed by atoms with van der Waals surface area (Å²) < 4.78 is 0. The molecule has 3 heteroatoms. The molecule has 0 amide bonds. The molecule has 0 N–H and O–H groups in total. The van der Waals surface area contributed by atoms with Crippen LogP contribution in [0, 0.1) is 0 Å². The Morgan fingerprint density at radius 3 is 1.02 bits per heavy atom. The van der Waals surface area contributed by atoms with Crippen molar-refractivity contribution < 1.29 is 0 Å². The van der Waals surface area contributed by atoms with Crippen molar-refractivity contribution in [2.45, 2.75) is 0 Å². The van der Waals surface area contributed by atoms with Gasteiger partial charge in [0.2, 0.25) is 0 Å². The van der Waals surface area contributed by atoms with Gasteiger partial charge in [0.25, 0.3) is 0 Å². The highest BCUT2D eigenvalue weighted by Crippen LogP contribution is 2.32. The summed E-state index contributed by atoms with van der Waals surface area (Å²) in [4.78, 5) is 15.2. The number of nitrogens with zero attached hydrogens (tertiary/aromatic N) is 3. The first kappa shape index (κ1) is 29.4. The maximum Gasteiger partial charge on any atom is 0.164 e. The van der Waals surface area contributed by atoms with Gasteiger partial charge in [-0.15, -0.1) is 0 Å². The predicted octanol–water partition coefficient (Wildman–Crippen LogP) is 12.2. The molecule has 0 aliphatic carbocycles. The largest absolute Gasteiger partial charge is 0.208 e. The first-order valence-corrected chi connectivity index (χ1v) is 16.8. The van der Waals surface area contributed by atoms with E-state index in [4.69, 9.17) is 15.0 Å². The van der Waals surface area contributed by atoms with E-state index in [1.54, 1.807) is 0 Å². The van der Waals surface area contributed by atoms with E-state index in [0.717, 1.165) is 38.6 Å². The van der Waals surface area contributed by atoms with Crippen molar-refractivity contribution >= 4 is 21.5 Å². The molecule has 0 radical (unpaired) electrons. The molecule has 9 aromatic rings. The van der Waals surface area contributed by atoms with Crippen molar-refractivity contribution in [1.29, 1.82) is 0 Å². The fourth-order valence-electron chi connectivity index (χ4n) is 6.58. The summed E-state index contributed by atoms with van der Waals surface area (Å²) in [6.07, 6.45) is 0. The van der Waals surface area contributed by atoms with Gasteiger partial charge >= 0.3 is 0 Å². The van der Waals surface area contributed by atoms with E-state index in [2.05, 4.69) is 176 Å². The summed E-state index contributed by atoms with van der Waals surface area (Å²) in [5, 5.41) is 4.64. The smallest absolute Gasteiger partial charge is 0.164 e. The Morgan fingerprint density at radius 1 is 0.200 bits per heavy atom. The third-order valence-corrected chi connectivity index (χ3v) is 9.32. The van der Waals surface area contributed by atoms with Gasteiger partial charge in [0, 0.05) is 16.7 Å². The molecule has 1 aromatic heterocycles. The maximum atomic E-state index is 5.06. The molecule has 0 fully saturated rings. The Hall–Kier alpha value is -6.71. The molecule has 0 saturated carbocycles. The SMILES string of the molecule is c1ccc(-c2ccc(-c3ccc(-c4nc(-c5ccc6ccccc6c5)nc(-c5ccc6cc(-c7ccccc7)ccc6c5)n4)cc3)cc2)cc1. The van der Waals surface area contributed by atoms with Gasteiger partial charge in [-0.25, -0.2) is 15.0 Å². The highest BCUT2D eigenvalue weighted by Gasteiger charge is 2.14. The zero-order valence-electron chi connectivity index (χ0n) is 27.2. The molecule has 0 bridgehead atoms. The van der Waals surface area contributed by atoms with E-state index >= 15 is 0 Å². The number of rotatable bonds is 6. The Balaban J connectivity index is 1.10. The molecule has 0 saturated heterocycles. The molecule has 8 aromatic carbocycles. The van der Waals surface area contributed by atoms with Crippen LogP contribution < -0.4 is 0 Å². The van der Waals surface area contributed by atoms with Crippen LogP contribution in [0.15, 0.2) is 188 Å². The van der Waals surface area contributed by atoms with Crippen molar-refractivity contribution in [3.05, 3.63) is 188 Å². The molecule has 50 heavy (non-hydrogen) atoms. The molecular formula is C47H31N3.